The van der Waals surface area contributed by atoms with Crippen LogP contribution in [0.15, 0.2) is 54.6 Å². The van der Waals surface area contributed by atoms with Gasteiger partial charge < -0.3 is 19.9 Å². The van der Waals surface area contributed by atoms with E-state index in [0.29, 0.717) is 32.7 Å². The van der Waals surface area contributed by atoms with Crippen molar-refractivity contribution in [3.63, 3.8) is 0 Å². The molecule has 0 aliphatic carbocycles. The van der Waals surface area contributed by atoms with E-state index >= 15 is 0 Å². The first-order valence-electron chi connectivity index (χ1n) is 11.8. The van der Waals surface area contributed by atoms with Crippen LogP contribution in [-0.2, 0) is 27.2 Å². The number of halogens is 1. The van der Waals surface area contributed by atoms with Crippen LogP contribution in [0.25, 0.3) is 0 Å². The topological polar surface area (TPSA) is 71.0 Å². The number of rotatable bonds is 7. The number of nitrogens with zero attached hydrogens (tertiary/aromatic N) is 1. The van der Waals surface area contributed by atoms with Gasteiger partial charge in [-0.25, -0.2) is 4.39 Å². The summed E-state index contributed by atoms with van der Waals surface area (Å²) in [5.41, 5.74) is 2.19. The molecule has 2 aliphatic heterocycles. The summed E-state index contributed by atoms with van der Waals surface area (Å²) in [5, 5.41) is 13.3. The van der Waals surface area contributed by atoms with Gasteiger partial charge in [-0.05, 0) is 42.5 Å². The summed E-state index contributed by atoms with van der Waals surface area (Å²) < 4.78 is 25.3. The van der Waals surface area contributed by atoms with Crippen molar-refractivity contribution >= 4 is 5.91 Å². The van der Waals surface area contributed by atoms with Gasteiger partial charge in [-0.15, -0.1) is 0 Å². The summed E-state index contributed by atoms with van der Waals surface area (Å²) in [6, 6.07) is 16.6. The molecule has 33 heavy (non-hydrogen) atoms. The molecular weight excluding hydrogens is 423 g/mol. The SMILES string of the molecule is O=C(C[C@H]1CC[C@H]2[C@@H](COC[C@H](O)CN2Cc2ccc(F)cc2)O1)NCCc1ccccc1. The van der Waals surface area contributed by atoms with Crippen molar-refractivity contribution in [1.29, 1.82) is 0 Å². The minimum atomic E-state index is -0.584. The van der Waals surface area contributed by atoms with E-state index in [1.165, 1.54) is 17.7 Å². The van der Waals surface area contributed by atoms with Crippen LogP contribution < -0.4 is 5.32 Å². The lowest BCUT2D eigenvalue weighted by Gasteiger charge is -2.44. The zero-order valence-corrected chi connectivity index (χ0v) is 18.9. The molecular formula is C26H33FN2O4. The maximum atomic E-state index is 13.3. The third-order valence-corrected chi connectivity index (χ3v) is 6.38. The van der Waals surface area contributed by atoms with E-state index in [0.717, 1.165) is 24.8 Å². The Labute approximate surface area is 194 Å². The molecule has 1 amide bonds. The highest BCUT2D eigenvalue weighted by atomic mass is 19.1. The average Bonchev–Trinajstić information content (AvgIpc) is 2.80. The van der Waals surface area contributed by atoms with Gasteiger partial charge >= 0.3 is 0 Å². The lowest BCUT2D eigenvalue weighted by molar-refractivity contribution is -0.158. The quantitative estimate of drug-likeness (QED) is 0.671. The Hall–Kier alpha value is -2.32. The predicted molar refractivity (Wildman–Crippen MR) is 123 cm³/mol. The van der Waals surface area contributed by atoms with Crippen molar-refractivity contribution < 1.29 is 23.8 Å². The van der Waals surface area contributed by atoms with E-state index in [2.05, 4.69) is 22.3 Å². The summed E-state index contributed by atoms with van der Waals surface area (Å²) >= 11 is 0. The number of amides is 1. The number of nitrogens with one attached hydrogen (secondary N) is 1. The van der Waals surface area contributed by atoms with Gasteiger partial charge in [-0.1, -0.05) is 42.5 Å². The number of hydrogen-bond acceptors (Lipinski definition) is 5. The number of carbonyl (C=O) groups excluding carboxylic acids is 1. The van der Waals surface area contributed by atoms with Crippen molar-refractivity contribution in [1.82, 2.24) is 10.2 Å². The Balaban J connectivity index is 1.30. The number of aliphatic hydroxyl groups is 1. The van der Waals surface area contributed by atoms with Crippen LogP contribution in [0.5, 0.6) is 0 Å². The van der Waals surface area contributed by atoms with Crippen LogP contribution in [0, 0.1) is 5.82 Å². The molecule has 2 aliphatic rings. The summed E-state index contributed by atoms with van der Waals surface area (Å²) in [6.45, 7) is 2.30. The number of β-amino-alcohol motifs (C(OH)–C–C–N with tert-alkyl or cyclic N) is 1. The largest absolute Gasteiger partial charge is 0.389 e. The van der Waals surface area contributed by atoms with Crippen molar-refractivity contribution in [3.05, 3.63) is 71.5 Å². The van der Waals surface area contributed by atoms with E-state index in [9.17, 15) is 14.3 Å². The molecule has 2 saturated heterocycles. The predicted octanol–water partition coefficient (Wildman–Crippen LogP) is 2.68. The number of hydrogen-bond donors (Lipinski definition) is 2. The van der Waals surface area contributed by atoms with Gasteiger partial charge in [0.1, 0.15) is 5.82 Å². The van der Waals surface area contributed by atoms with E-state index in [4.69, 9.17) is 9.47 Å². The molecule has 0 spiro atoms. The number of carbonyl (C=O) groups is 1. The van der Waals surface area contributed by atoms with E-state index < -0.39 is 6.10 Å². The van der Waals surface area contributed by atoms with Gasteiger partial charge in [0.15, 0.2) is 0 Å². The molecule has 2 aromatic rings. The second kappa shape index (κ2) is 11.7. The van der Waals surface area contributed by atoms with Crippen LogP contribution >= 0.6 is 0 Å². The van der Waals surface area contributed by atoms with E-state index in [1.54, 1.807) is 12.1 Å². The van der Waals surface area contributed by atoms with Gasteiger partial charge in [0.25, 0.3) is 0 Å². The molecule has 0 aromatic heterocycles. The number of aliphatic hydroxyl groups excluding tert-OH is 1. The molecule has 0 unspecified atom stereocenters. The highest BCUT2D eigenvalue weighted by molar-refractivity contribution is 5.76. The summed E-state index contributed by atoms with van der Waals surface area (Å²) in [4.78, 5) is 14.7. The molecule has 0 saturated carbocycles. The molecule has 7 heteroatoms. The summed E-state index contributed by atoms with van der Waals surface area (Å²) in [5.74, 6) is -0.261. The van der Waals surface area contributed by atoms with Gasteiger partial charge in [-0.3, -0.25) is 9.69 Å². The fraction of sp³-hybridized carbons (Fsp3) is 0.500. The van der Waals surface area contributed by atoms with Crippen molar-refractivity contribution in [2.45, 2.75) is 56.6 Å². The fourth-order valence-electron chi connectivity index (χ4n) is 4.72. The first-order valence-corrected chi connectivity index (χ1v) is 11.8. The first kappa shape index (κ1) is 23.8. The second-order valence-corrected chi connectivity index (χ2v) is 8.98. The third-order valence-electron chi connectivity index (χ3n) is 6.38. The van der Waals surface area contributed by atoms with Gasteiger partial charge in [0, 0.05) is 25.7 Å². The van der Waals surface area contributed by atoms with E-state index in [1.807, 2.05) is 18.2 Å². The Bertz CT molecular complexity index is 880. The van der Waals surface area contributed by atoms with Crippen molar-refractivity contribution in [2.24, 2.45) is 0 Å². The molecule has 4 rings (SSSR count). The first-order chi connectivity index (χ1) is 16.1. The highest BCUT2D eigenvalue weighted by Crippen LogP contribution is 2.28. The van der Waals surface area contributed by atoms with Crippen molar-refractivity contribution in [3.8, 4) is 0 Å². The van der Waals surface area contributed by atoms with Crippen LogP contribution in [0.3, 0.4) is 0 Å². The molecule has 0 bridgehead atoms. The minimum Gasteiger partial charge on any atom is -0.389 e. The maximum absolute atomic E-state index is 13.3. The Morgan fingerprint density at radius 3 is 2.64 bits per heavy atom. The Morgan fingerprint density at radius 2 is 1.85 bits per heavy atom. The fourth-order valence-corrected chi connectivity index (χ4v) is 4.72. The molecule has 2 N–H and O–H groups in total. The lowest BCUT2D eigenvalue weighted by Crippen LogP contribution is -2.55. The zero-order chi connectivity index (χ0) is 23.0. The Kier molecular flexibility index (Phi) is 8.45. The number of fused-ring (bicyclic) bond motifs is 1. The van der Waals surface area contributed by atoms with Crippen molar-refractivity contribution in [2.75, 3.05) is 26.3 Å². The highest BCUT2D eigenvalue weighted by Gasteiger charge is 2.38. The van der Waals surface area contributed by atoms with Gasteiger partial charge in [0.05, 0.1) is 37.9 Å². The standard InChI is InChI=1S/C26H33FN2O4/c27-21-8-6-20(7-9-21)15-29-16-22(30)17-32-18-25-24(29)11-10-23(33-25)14-26(31)28-13-12-19-4-2-1-3-5-19/h1-9,22-25,30H,10-18H2,(H,28,31)/t22-,23-,24+,25-/m1/s1. The van der Waals surface area contributed by atoms with Gasteiger partial charge in [0.2, 0.25) is 5.91 Å². The van der Waals surface area contributed by atoms with Crippen LogP contribution in [-0.4, -0.2) is 66.6 Å². The Morgan fingerprint density at radius 1 is 1.06 bits per heavy atom. The minimum absolute atomic E-state index is 0.000246. The van der Waals surface area contributed by atoms with Crippen LogP contribution in [0.4, 0.5) is 4.39 Å². The molecule has 2 aromatic carbocycles. The third kappa shape index (κ3) is 7.08. The molecule has 2 heterocycles. The maximum Gasteiger partial charge on any atom is 0.222 e. The van der Waals surface area contributed by atoms with Gasteiger partial charge in [-0.2, -0.15) is 0 Å². The van der Waals surface area contributed by atoms with E-state index in [-0.39, 0.29) is 36.6 Å². The number of benzene rings is 2. The van der Waals surface area contributed by atoms with Crippen LogP contribution in [0.2, 0.25) is 0 Å². The molecule has 6 nitrogen and oxygen atoms in total. The van der Waals surface area contributed by atoms with Crippen LogP contribution in [0.1, 0.15) is 30.4 Å². The lowest BCUT2D eigenvalue weighted by atomic mass is 9.94. The summed E-state index contributed by atoms with van der Waals surface area (Å²) in [6.07, 6.45) is 1.85. The molecule has 0 radical (unpaired) electrons. The molecule has 4 atom stereocenters. The zero-order valence-electron chi connectivity index (χ0n) is 18.9. The average molecular weight is 457 g/mol. The molecule has 178 valence electrons. The normalized spacial score (nSPS) is 26.1. The summed E-state index contributed by atoms with van der Waals surface area (Å²) in [7, 11) is 0. The monoisotopic (exact) mass is 456 g/mol. The number of ether oxygens (including phenoxy) is 2. The second-order valence-electron chi connectivity index (χ2n) is 8.98. The molecule has 2 fully saturated rings. The smallest absolute Gasteiger partial charge is 0.222 e.